The van der Waals surface area contributed by atoms with Crippen LogP contribution in [0, 0.1) is 0 Å². The Kier molecular flexibility index (Phi) is 2.43. The van der Waals surface area contributed by atoms with Crippen molar-refractivity contribution in [1.29, 1.82) is 0 Å². The molecule has 0 atom stereocenters. The molecular formula is C10H15N3O. The van der Waals surface area contributed by atoms with Crippen molar-refractivity contribution in [2.24, 2.45) is 0 Å². The average Bonchev–Trinajstić information content (AvgIpc) is 2.69. The molecule has 4 heteroatoms. The molecule has 1 aromatic heterocycles. The minimum absolute atomic E-state index is 0.520. The number of methoxy groups -OCH3 is 1. The Balaban J connectivity index is 2.27. The fraction of sp³-hybridized carbons (Fsp3) is 0.500. The van der Waals surface area contributed by atoms with Gasteiger partial charge in [0, 0.05) is 25.2 Å². The largest absolute Gasteiger partial charge is 0.496 e. The fourth-order valence-corrected chi connectivity index (χ4v) is 1.74. The van der Waals surface area contributed by atoms with Crippen molar-refractivity contribution < 1.29 is 4.74 Å². The lowest BCUT2D eigenvalue weighted by Crippen LogP contribution is -2.19. The summed E-state index contributed by atoms with van der Waals surface area (Å²) in [4.78, 5) is 6.52. The summed E-state index contributed by atoms with van der Waals surface area (Å²) in [6, 6.07) is 3.67. The number of nitrogen functional groups attached to an aromatic ring is 1. The standard InChI is InChI=1S/C10H15N3O/c1-14-8-6-9(11)12-10(7-8)13-4-2-3-5-13/h6-7H,2-5H2,1H3,(H2,11,12). The number of pyridine rings is 1. The van der Waals surface area contributed by atoms with Crippen LogP contribution in [0.1, 0.15) is 12.8 Å². The van der Waals surface area contributed by atoms with Gasteiger partial charge in [0.1, 0.15) is 17.4 Å². The van der Waals surface area contributed by atoms with Crippen LogP contribution < -0.4 is 15.4 Å². The topological polar surface area (TPSA) is 51.4 Å². The second-order valence-electron chi connectivity index (χ2n) is 3.48. The molecule has 14 heavy (non-hydrogen) atoms. The Labute approximate surface area is 83.7 Å². The molecule has 2 heterocycles. The van der Waals surface area contributed by atoms with Crippen molar-refractivity contribution in [2.45, 2.75) is 12.8 Å². The average molecular weight is 193 g/mol. The molecule has 0 aliphatic carbocycles. The second-order valence-corrected chi connectivity index (χ2v) is 3.48. The van der Waals surface area contributed by atoms with Crippen LogP contribution in [-0.2, 0) is 0 Å². The van der Waals surface area contributed by atoms with Crippen LogP contribution in [0.4, 0.5) is 11.6 Å². The van der Waals surface area contributed by atoms with E-state index in [0.29, 0.717) is 5.82 Å². The lowest BCUT2D eigenvalue weighted by Gasteiger charge is -2.17. The van der Waals surface area contributed by atoms with Crippen molar-refractivity contribution in [2.75, 3.05) is 30.8 Å². The number of rotatable bonds is 2. The predicted octanol–water partition coefficient (Wildman–Crippen LogP) is 1.27. The van der Waals surface area contributed by atoms with Gasteiger partial charge in [-0.1, -0.05) is 0 Å². The number of nitrogens with two attached hydrogens (primary N) is 1. The molecule has 0 saturated carbocycles. The molecule has 0 unspecified atom stereocenters. The molecule has 0 bridgehead atoms. The first-order valence-electron chi connectivity index (χ1n) is 4.86. The molecule has 0 radical (unpaired) electrons. The summed E-state index contributed by atoms with van der Waals surface area (Å²) in [5.41, 5.74) is 5.68. The van der Waals surface area contributed by atoms with Crippen LogP contribution in [0.2, 0.25) is 0 Å². The van der Waals surface area contributed by atoms with E-state index in [1.165, 1.54) is 12.8 Å². The number of hydrogen-bond donors (Lipinski definition) is 1. The molecule has 76 valence electrons. The SMILES string of the molecule is COc1cc(N)nc(N2CCCC2)c1. The molecule has 1 aliphatic heterocycles. The normalized spacial score (nSPS) is 15.9. The van der Waals surface area contributed by atoms with E-state index in [1.54, 1.807) is 13.2 Å². The molecule has 2 rings (SSSR count). The summed E-state index contributed by atoms with van der Waals surface area (Å²) >= 11 is 0. The zero-order valence-electron chi connectivity index (χ0n) is 8.36. The molecule has 1 saturated heterocycles. The number of aromatic nitrogens is 1. The molecule has 1 aromatic rings. The van der Waals surface area contributed by atoms with Crippen molar-refractivity contribution in [3.63, 3.8) is 0 Å². The van der Waals surface area contributed by atoms with Crippen LogP contribution >= 0.6 is 0 Å². The zero-order valence-corrected chi connectivity index (χ0v) is 8.36. The number of hydrogen-bond acceptors (Lipinski definition) is 4. The highest BCUT2D eigenvalue weighted by atomic mass is 16.5. The Hall–Kier alpha value is -1.45. The van der Waals surface area contributed by atoms with Crippen LogP contribution in [0.3, 0.4) is 0 Å². The van der Waals surface area contributed by atoms with E-state index in [9.17, 15) is 0 Å². The van der Waals surface area contributed by atoms with Crippen molar-refractivity contribution in [3.05, 3.63) is 12.1 Å². The van der Waals surface area contributed by atoms with E-state index in [1.807, 2.05) is 6.07 Å². The molecule has 0 spiro atoms. The summed E-state index contributed by atoms with van der Waals surface area (Å²) in [5, 5.41) is 0. The molecule has 0 amide bonds. The molecular weight excluding hydrogens is 178 g/mol. The van der Waals surface area contributed by atoms with Crippen molar-refractivity contribution in [1.82, 2.24) is 4.98 Å². The highest BCUT2D eigenvalue weighted by Gasteiger charge is 2.14. The third-order valence-electron chi connectivity index (χ3n) is 2.47. The molecule has 4 nitrogen and oxygen atoms in total. The van der Waals surface area contributed by atoms with Crippen molar-refractivity contribution >= 4 is 11.6 Å². The van der Waals surface area contributed by atoms with Crippen LogP contribution in [0.15, 0.2) is 12.1 Å². The molecule has 0 aromatic carbocycles. The first-order chi connectivity index (χ1) is 6.79. The number of anilines is 2. The van der Waals surface area contributed by atoms with Crippen molar-refractivity contribution in [3.8, 4) is 5.75 Å². The Bertz CT molecular complexity index is 321. The number of nitrogens with zero attached hydrogens (tertiary/aromatic N) is 2. The van der Waals surface area contributed by atoms with E-state index < -0.39 is 0 Å². The smallest absolute Gasteiger partial charge is 0.134 e. The maximum Gasteiger partial charge on any atom is 0.134 e. The van der Waals surface area contributed by atoms with Gasteiger partial charge in [0.05, 0.1) is 7.11 Å². The van der Waals surface area contributed by atoms with Gasteiger partial charge in [-0.05, 0) is 12.8 Å². The van der Waals surface area contributed by atoms with Gasteiger partial charge in [0.15, 0.2) is 0 Å². The van der Waals surface area contributed by atoms with Gasteiger partial charge < -0.3 is 15.4 Å². The lowest BCUT2D eigenvalue weighted by atomic mass is 10.4. The van der Waals surface area contributed by atoms with Crippen LogP contribution in [0.5, 0.6) is 5.75 Å². The van der Waals surface area contributed by atoms with E-state index in [2.05, 4.69) is 9.88 Å². The minimum atomic E-state index is 0.520. The van der Waals surface area contributed by atoms with Gasteiger partial charge >= 0.3 is 0 Å². The molecule has 2 N–H and O–H groups in total. The summed E-state index contributed by atoms with van der Waals surface area (Å²) in [6.45, 7) is 2.14. The summed E-state index contributed by atoms with van der Waals surface area (Å²) in [5.74, 6) is 2.23. The maximum atomic E-state index is 5.68. The summed E-state index contributed by atoms with van der Waals surface area (Å²) < 4.78 is 5.15. The molecule has 1 aliphatic rings. The third kappa shape index (κ3) is 1.73. The van der Waals surface area contributed by atoms with Gasteiger partial charge in [-0.3, -0.25) is 0 Å². The highest BCUT2D eigenvalue weighted by molar-refractivity contribution is 5.51. The lowest BCUT2D eigenvalue weighted by molar-refractivity contribution is 0.414. The minimum Gasteiger partial charge on any atom is -0.496 e. The highest BCUT2D eigenvalue weighted by Crippen LogP contribution is 2.24. The van der Waals surface area contributed by atoms with Crippen LogP contribution in [0.25, 0.3) is 0 Å². The van der Waals surface area contributed by atoms with Gasteiger partial charge in [-0.25, -0.2) is 4.98 Å². The van der Waals surface area contributed by atoms with E-state index in [4.69, 9.17) is 10.5 Å². The monoisotopic (exact) mass is 193 g/mol. The Morgan fingerprint density at radius 3 is 2.71 bits per heavy atom. The maximum absolute atomic E-state index is 5.68. The first-order valence-corrected chi connectivity index (χ1v) is 4.86. The number of ether oxygens (including phenoxy) is 1. The van der Waals surface area contributed by atoms with E-state index >= 15 is 0 Å². The van der Waals surface area contributed by atoms with Gasteiger partial charge in [-0.2, -0.15) is 0 Å². The quantitative estimate of drug-likeness (QED) is 0.768. The van der Waals surface area contributed by atoms with E-state index in [-0.39, 0.29) is 0 Å². The first kappa shape index (κ1) is 9.12. The van der Waals surface area contributed by atoms with Crippen LogP contribution in [-0.4, -0.2) is 25.2 Å². The summed E-state index contributed by atoms with van der Waals surface area (Å²) in [7, 11) is 1.64. The van der Waals surface area contributed by atoms with Gasteiger partial charge in [-0.15, -0.1) is 0 Å². The Morgan fingerprint density at radius 1 is 1.36 bits per heavy atom. The zero-order chi connectivity index (χ0) is 9.97. The van der Waals surface area contributed by atoms with Gasteiger partial charge in [0.2, 0.25) is 0 Å². The summed E-state index contributed by atoms with van der Waals surface area (Å²) in [6.07, 6.45) is 2.47. The fourth-order valence-electron chi connectivity index (χ4n) is 1.74. The second kappa shape index (κ2) is 3.74. The van der Waals surface area contributed by atoms with Gasteiger partial charge in [0.25, 0.3) is 0 Å². The van der Waals surface area contributed by atoms with E-state index in [0.717, 1.165) is 24.7 Å². The Morgan fingerprint density at radius 2 is 2.07 bits per heavy atom. The molecule has 1 fully saturated rings. The third-order valence-corrected chi connectivity index (χ3v) is 2.47. The predicted molar refractivity (Wildman–Crippen MR) is 56.6 cm³/mol.